The minimum atomic E-state index is -0.144. The van der Waals surface area contributed by atoms with Crippen LogP contribution in [0.25, 0.3) is 0 Å². The van der Waals surface area contributed by atoms with Gasteiger partial charge < -0.3 is 9.47 Å². The van der Waals surface area contributed by atoms with Crippen LogP contribution in [-0.2, 0) is 9.47 Å². The Balaban J connectivity index is 1.85. The summed E-state index contributed by atoms with van der Waals surface area (Å²) < 4.78 is 11.3. The van der Waals surface area contributed by atoms with E-state index >= 15 is 0 Å². The molecule has 2 saturated heterocycles. The van der Waals surface area contributed by atoms with E-state index in [9.17, 15) is 0 Å². The van der Waals surface area contributed by atoms with Gasteiger partial charge in [-0.15, -0.1) is 0 Å². The number of rotatable bonds is 2. The van der Waals surface area contributed by atoms with Gasteiger partial charge in [-0.25, -0.2) is 0 Å². The summed E-state index contributed by atoms with van der Waals surface area (Å²) >= 11 is 0. The van der Waals surface area contributed by atoms with Crippen LogP contribution in [0.4, 0.5) is 0 Å². The molecule has 3 atom stereocenters. The lowest BCUT2D eigenvalue weighted by molar-refractivity contribution is -0.0386. The van der Waals surface area contributed by atoms with E-state index in [4.69, 9.17) is 9.47 Å². The van der Waals surface area contributed by atoms with E-state index in [1.54, 1.807) is 0 Å². The Bertz CT molecular complexity index is 180. The van der Waals surface area contributed by atoms with E-state index in [1.807, 2.05) is 0 Å². The lowest BCUT2D eigenvalue weighted by atomic mass is 10.1. The largest absolute Gasteiger partial charge is 0.378 e. The topological polar surface area (TPSA) is 30.5 Å². The van der Waals surface area contributed by atoms with E-state index in [2.05, 4.69) is 19.2 Å². The quantitative estimate of drug-likeness (QED) is 0.703. The first-order valence-electron chi connectivity index (χ1n) is 5.21. The molecule has 3 heteroatoms. The molecule has 2 heterocycles. The summed E-state index contributed by atoms with van der Waals surface area (Å²) in [6.07, 6.45) is 3.78. The molecular weight excluding hydrogens is 166 g/mol. The summed E-state index contributed by atoms with van der Waals surface area (Å²) in [6.45, 7) is 6.03. The van der Waals surface area contributed by atoms with Crippen molar-refractivity contribution < 1.29 is 9.47 Å². The van der Waals surface area contributed by atoms with Crippen LogP contribution in [0.2, 0.25) is 0 Å². The lowest BCUT2D eigenvalue weighted by Crippen LogP contribution is -2.43. The highest BCUT2D eigenvalue weighted by atomic mass is 16.5. The lowest BCUT2D eigenvalue weighted by Gasteiger charge is -2.26. The van der Waals surface area contributed by atoms with Crippen molar-refractivity contribution in [3.05, 3.63) is 0 Å². The Morgan fingerprint density at radius 2 is 2.38 bits per heavy atom. The van der Waals surface area contributed by atoms with Crippen molar-refractivity contribution in [2.24, 2.45) is 0 Å². The molecule has 0 aromatic rings. The Morgan fingerprint density at radius 3 is 2.92 bits per heavy atom. The van der Waals surface area contributed by atoms with Crippen molar-refractivity contribution >= 4 is 0 Å². The standard InChI is InChI=1S/C10H19NO2/c1-8-7-13-10(2,11-8)6-9-4-3-5-12-9/h8-9,11H,3-7H2,1-2H3. The van der Waals surface area contributed by atoms with Crippen LogP contribution >= 0.6 is 0 Å². The van der Waals surface area contributed by atoms with Gasteiger partial charge in [-0.1, -0.05) is 0 Å². The molecule has 0 aliphatic carbocycles. The van der Waals surface area contributed by atoms with Gasteiger partial charge in [0.2, 0.25) is 0 Å². The highest BCUT2D eigenvalue weighted by Crippen LogP contribution is 2.26. The Morgan fingerprint density at radius 1 is 1.54 bits per heavy atom. The van der Waals surface area contributed by atoms with Crippen molar-refractivity contribution in [2.45, 2.75) is 51.0 Å². The summed E-state index contributed by atoms with van der Waals surface area (Å²) in [5.74, 6) is 0. The summed E-state index contributed by atoms with van der Waals surface area (Å²) in [5, 5.41) is 3.45. The predicted molar refractivity (Wildman–Crippen MR) is 50.5 cm³/mol. The number of ether oxygens (including phenoxy) is 2. The maximum Gasteiger partial charge on any atom is 0.119 e. The third kappa shape index (κ3) is 2.22. The van der Waals surface area contributed by atoms with E-state index in [0.717, 1.165) is 19.6 Å². The Hall–Kier alpha value is -0.120. The molecule has 2 aliphatic rings. The van der Waals surface area contributed by atoms with Crippen LogP contribution in [0.3, 0.4) is 0 Å². The van der Waals surface area contributed by atoms with Crippen LogP contribution < -0.4 is 5.32 Å². The minimum absolute atomic E-state index is 0.144. The molecule has 0 aromatic heterocycles. The van der Waals surface area contributed by atoms with Gasteiger partial charge in [0, 0.05) is 19.1 Å². The first-order valence-corrected chi connectivity index (χ1v) is 5.21. The van der Waals surface area contributed by atoms with Gasteiger partial charge in [-0.3, -0.25) is 5.32 Å². The highest BCUT2D eigenvalue weighted by molar-refractivity contribution is 4.86. The molecule has 2 aliphatic heterocycles. The van der Waals surface area contributed by atoms with Gasteiger partial charge in [-0.2, -0.15) is 0 Å². The maximum absolute atomic E-state index is 5.72. The average molecular weight is 185 g/mol. The molecule has 0 spiro atoms. The van der Waals surface area contributed by atoms with Gasteiger partial charge in [0.15, 0.2) is 0 Å². The molecular formula is C10H19NO2. The Labute approximate surface area is 79.8 Å². The van der Waals surface area contributed by atoms with E-state index in [1.165, 1.54) is 12.8 Å². The number of hydrogen-bond donors (Lipinski definition) is 1. The zero-order valence-corrected chi connectivity index (χ0v) is 8.51. The highest BCUT2D eigenvalue weighted by Gasteiger charge is 2.36. The van der Waals surface area contributed by atoms with Crippen LogP contribution in [-0.4, -0.2) is 31.1 Å². The molecule has 76 valence electrons. The van der Waals surface area contributed by atoms with Gasteiger partial charge in [0.25, 0.3) is 0 Å². The van der Waals surface area contributed by atoms with Crippen LogP contribution in [0, 0.1) is 0 Å². The fourth-order valence-corrected chi connectivity index (χ4v) is 2.27. The monoisotopic (exact) mass is 185 g/mol. The summed E-state index contributed by atoms with van der Waals surface area (Å²) in [4.78, 5) is 0. The first-order chi connectivity index (χ1) is 6.18. The molecule has 13 heavy (non-hydrogen) atoms. The van der Waals surface area contributed by atoms with Crippen molar-refractivity contribution in [1.82, 2.24) is 5.32 Å². The molecule has 0 aromatic carbocycles. The van der Waals surface area contributed by atoms with Gasteiger partial charge in [-0.05, 0) is 26.7 Å². The van der Waals surface area contributed by atoms with Gasteiger partial charge in [0.1, 0.15) is 5.72 Å². The minimum Gasteiger partial charge on any atom is -0.378 e. The third-order valence-corrected chi connectivity index (χ3v) is 2.84. The smallest absolute Gasteiger partial charge is 0.119 e. The van der Waals surface area contributed by atoms with Crippen LogP contribution in [0.1, 0.15) is 33.1 Å². The number of hydrogen-bond acceptors (Lipinski definition) is 3. The average Bonchev–Trinajstić information content (AvgIpc) is 2.62. The van der Waals surface area contributed by atoms with Crippen molar-refractivity contribution in [2.75, 3.05) is 13.2 Å². The molecule has 2 fully saturated rings. The normalized spacial score (nSPS) is 45.7. The zero-order chi connectivity index (χ0) is 9.31. The van der Waals surface area contributed by atoms with Gasteiger partial charge in [0.05, 0.1) is 12.7 Å². The predicted octanol–water partition coefficient (Wildman–Crippen LogP) is 1.28. The van der Waals surface area contributed by atoms with Crippen molar-refractivity contribution in [3.8, 4) is 0 Å². The molecule has 0 bridgehead atoms. The summed E-state index contributed by atoms with van der Waals surface area (Å²) in [6, 6.07) is 0.478. The molecule has 0 saturated carbocycles. The molecule has 3 nitrogen and oxygen atoms in total. The second-order valence-electron chi connectivity index (χ2n) is 4.43. The second-order valence-corrected chi connectivity index (χ2v) is 4.43. The van der Waals surface area contributed by atoms with Crippen LogP contribution in [0.5, 0.6) is 0 Å². The fourth-order valence-electron chi connectivity index (χ4n) is 2.27. The fraction of sp³-hybridized carbons (Fsp3) is 1.00. The zero-order valence-electron chi connectivity index (χ0n) is 8.51. The van der Waals surface area contributed by atoms with E-state index in [-0.39, 0.29) is 5.72 Å². The van der Waals surface area contributed by atoms with E-state index in [0.29, 0.717) is 12.1 Å². The van der Waals surface area contributed by atoms with Crippen molar-refractivity contribution in [3.63, 3.8) is 0 Å². The molecule has 2 rings (SSSR count). The third-order valence-electron chi connectivity index (χ3n) is 2.84. The van der Waals surface area contributed by atoms with Crippen LogP contribution in [0.15, 0.2) is 0 Å². The second kappa shape index (κ2) is 3.56. The molecule has 1 N–H and O–H groups in total. The Kier molecular flexibility index (Phi) is 2.58. The molecule has 0 amide bonds. The summed E-state index contributed by atoms with van der Waals surface area (Å²) in [7, 11) is 0. The van der Waals surface area contributed by atoms with Crippen molar-refractivity contribution in [1.29, 1.82) is 0 Å². The maximum atomic E-state index is 5.72. The molecule has 3 unspecified atom stereocenters. The SMILES string of the molecule is CC1COC(C)(CC2CCCO2)N1. The van der Waals surface area contributed by atoms with Gasteiger partial charge >= 0.3 is 0 Å². The van der Waals surface area contributed by atoms with E-state index < -0.39 is 0 Å². The molecule has 0 radical (unpaired) electrons. The number of nitrogens with one attached hydrogen (secondary N) is 1. The summed E-state index contributed by atoms with van der Waals surface area (Å²) in [5.41, 5.74) is -0.144. The first kappa shape index (κ1) is 9.44.